The van der Waals surface area contributed by atoms with E-state index < -0.39 is 18.4 Å². The van der Waals surface area contributed by atoms with Gasteiger partial charge in [-0.3, -0.25) is 9.59 Å². The number of ether oxygens (including phenoxy) is 1. The van der Waals surface area contributed by atoms with Crippen LogP contribution in [0.25, 0.3) is 0 Å². The molecule has 0 rings (SSSR count). The van der Waals surface area contributed by atoms with Crippen LogP contribution in [0.2, 0.25) is 0 Å². The fourth-order valence-corrected chi connectivity index (χ4v) is 0.129. The van der Waals surface area contributed by atoms with Crippen LogP contribution < -0.4 is 0 Å². The predicted octanol–water partition coefficient (Wildman–Crippen LogP) is 0.587. The molecule has 0 fully saturated rings. The highest BCUT2D eigenvalue weighted by Gasteiger charge is 2.01. The van der Waals surface area contributed by atoms with Gasteiger partial charge in [0.1, 0.15) is 6.42 Å². The lowest BCUT2D eigenvalue weighted by Crippen LogP contribution is -2.03. The zero-order valence-electron chi connectivity index (χ0n) is 7.40. The summed E-state index contributed by atoms with van der Waals surface area (Å²) in [5, 5.41) is 15.4. The van der Waals surface area contributed by atoms with Gasteiger partial charge >= 0.3 is 11.9 Å². The molecule has 0 unspecified atom stereocenters. The van der Waals surface area contributed by atoms with Crippen LogP contribution in [0.1, 0.15) is 20.3 Å². The average molecular weight is 178 g/mol. The van der Waals surface area contributed by atoms with Crippen molar-refractivity contribution in [3.63, 3.8) is 0 Å². The fraction of sp³-hybridized carbons (Fsp3) is 0.714. The molecular weight excluding hydrogens is 164 g/mol. The minimum atomic E-state index is -1.31. The number of hydrogen-bond donors (Lipinski definition) is 2. The first-order chi connectivity index (χ1) is 5.40. The van der Waals surface area contributed by atoms with Gasteiger partial charge in [-0.25, -0.2) is 0 Å². The number of carboxylic acids is 2. The van der Waals surface area contributed by atoms with E-state index in [2.05, 4.69) is 0 Å². The summed E-state index contributed by atoms with van der Waals surface area (Å²) in [6, 6.07) is 0. The lowest BCUT2D eigenvalue weighted by atomic mass is 10.5. The second-order valence-corrected chi connectivity index (χ2v) is 2.25. The monoisotopic (exact) mass is 178 g/mol. The van der Waals surface area contributed by atoms with E-state index in [1.165, 1.54) is 0 Å². The molecule has 5 heteroatoms. The topological polar surface area (TPSA) is 83.8 Å². The molecule has 0 saturated heterocycles. The molecule has 0 aromatic rings. The Morgan fingerprint density at radius 2 is 1.50 bits per heavy atom. The van der Waals surface area contributed by atoms with Crippen molar-refractivity contribution in [2.24, 2.45) is 0 Å². The lowest BCUT2D eigenvalue weighted by molar-refractivity contribution is -0.147. The van der Waals surface area contributed by atoms with E-state index in [1.807, 2.05) is 13.8 Å². The summed E-state index contributed by atoms with van der Waals surface area (Å²) in [5.41, 5.74) is 0. The van der Waals surface area contributed by atoms with E-state index in [1.54, 1.807) is 7.11 Å². The third-order valence-corrected chi connectivity index (χ3v) is 0.774. The molecule has 0 aliphatic carbocycles. The number of carboxylic acid groups (broad SMARTS) is 2. The minimum absolute atomic E-state index is 0.384. The Labute approximate surface area is 71.0 Å². The second-order valence-electron chi connectivity index (χ2n) is 2.25. The van der Waals surface area contributed by atoms with Crippen LogP contribution in [0.5, 0.6) is 0 Å². The van der Waals surface area contributed by atoms with Crippen molar-refractivity contribution < 1.29 is 24.5 Å². The molecule has 0 aromatic carbocycles. The van der Waals surface area contributed by atoms with Crippen molar-refractivity contribution in [2.75, 3.05) is 7.11 Å². The summed E-state index contributed by atoms with van der Waals surface area (Å²) < 4.78 is 4.75. The molecule has 0 aliphatic rings. The molecule has 0 saturated carbocycles. The van der Waals surface area contributed by atoms with Crippen LogP contribution in [0.3, 0.4) is 0 Å². The van der Waals surface area contributed by atoms with E-state index in [-0.39, 0.29) is 0 Å². The van der Waals surface area contributed by atoms with E-state index in [0.29, 0.717) is 6.10 Å². The first-order valence-electron chi connectivity index (χ1n) is 3.36. The maximum absolute atomic E-state index is 9.43. The van der Waals surface area contributed by atoms with Gasteiger partial charge in [-0.1, -0.05) is 0 Å². The molecule has 0 radical (unpaired) electrons. The summed E-state index contributed by atoms with van der Waals surface area (Å²) in [7, 11) is 1.70. The maximum Gasteiger partial charge on any atom is 0.314 e. The molecule has 0 aromatic heterocycles. The summed E-state index contributed by atoms with van der Waals surface area (Å²) in [5.74, 6) is -2.62. The predicted molar refractivity (Wildman–Crippen MR) is 42.0 cm³/mol. The number of aliphatic carboxylic acids is 2. The highest BCUT2D eigenvalue weighted by Crippen LogP contribution is 1.77. The van der Waals surface area contributed by atoms with E-state index in [9.17, 15) is 9.59 Å². The molecule has 0 amide bonds. The summed E-state index contributed by atoms with van der Waals surface area (Å²) in [4.78, 5) is 18.9. The molecular formula is C7H14O5. The van der Waals surface area contributed by atoms with Gasteiger partial charge in [0.15, 0.2) is 0 Å². The van der Waals surface area contributed by atoms with Crippen LogP contribution in [0.4, 0.5) is 0 Å². The van der Waals surface area contributed by atoms with Crippen LogP contribution in [-0.4, -0.2) is 35.4 Å². The van der Waals surface area contributed by atoms with Gasteiger partial charge in [0.25, 0.3) is 0 Å². The zero-order chi connectivity index (χ0) is 10.1. The van der Waals surface area contributed by atoms with Crippen molar-refractivity contribution in [1.29, 1.82) is 0 Å². The first-order valence-corrected chi connectivity index (χ1v) is 3.36. The summed E-state index contributed by atoms with van der Waals surface area (Å²) in [6.45, 7) is 4.00. The number of rotatable bonds is 3. The van der Waals surface area contributed by atoms with Gasteiger partial charge in [0.2, 0.25) is 0 Å². The molecule has 5 nitrogen and oxygen atoms in total. The second kappa shape index (κ2) is 8.00. The molecule has 0 heterocycles. The smallest absolute Gasteiger partial charge is 0.314 e. The molecule has 2 N–H and O–H groups in total. The Kier molecular flexibility index (Phi) is 8.99. The van der Waals surface area contributed by atoms with Crippen molar-refractivity contribution in [2.45, 2.75) is 26.4 Å². The van der Waals surface area contributed by atoms with Crippen LogP contribution in [0, 0.1) is 0 Å². The highest BCUT2D eigenvalue weighted by molar-refractivity contribution is 5.88. The molecule has 0 aliphatic heterocycles. The van der Waals surface area contributed by atoms with Gasteiger partial charge in [0.05, 0.1) is 6.10 Å². The lowest BCUT2D eigenvalue weighted by Gasteiger charge is -1.94. The molecule has 0 atom stereocenters. The molecule has 12 heavy (non-hydrogen) atoms. The van der Waals surface area contributed by atoms with Gasteiger partial charge in [-0.2, -0.15) is 0 Å². The van der Waals surface area contributed by atoms with Crippen molar-refractivity contribution in [1.82, 2.24) is 0 Å². The maximum atomic E-state index is 9.43. The summed E-state index contributed by atoms with van der Waals surface area (Å²) >= 11 is 0. The first kappa shape index (κ1) is 13.5. The highest BCUT2D eigenvalue weighted by atomic mass is 16.5. The number of methoxy groups -OCH3 is 1. The molecule has 72 valence electrons. The van der Waals surface area contributed by atoms with Crippen molar-refractivity contribution >= 4 is 11.9 Å². The van der Waals surface area contributed by atoms with E-state index >= 15 is 0 Å². The third kappa shape index (κ3) is 23.1. The van der Waals surface area contributed by atoms with Gasteiger partial charge in [0, 0.05) is 7.11 Å². The quantitative estimate of drug-likeness (QED) is 0.618. The van der Waals surface area contributed by atoms with Crippen LogP contribution in [0.15, 0.2) is 0 Å². The Balaban J connectivity index is 0. The van der Waals surface area contributed by atoms with Crippen molar-refractivity contribution in [3.05, 3.63) is 0 Å². The fourth-order valence-electron chi connectivity index (χ4n) is 0.129. The van der Waals surface area contributed by atoms with E-state index in [0.717, 1.165) is 0 Å². The number of carbonyl (C=O) groups is 2. The normalized spacial score (nSPS) is 8.67. The molecule has 0 bridgehead atoms. The third-order valence-electron chi connectivity index (χ3n) is 0.774. The van der Waals surface area contributed by atoms with E-state index in [4.69, 9.17) is 14.9 Å². The number of hydrogen-bond acceptors (Lipinski definition) is 3. The van der Waals surface area contributed by atoms with Gasteiger partial charge in [-0.05, 0) is 13.8 Å². The summed E-state index contributed by atoms with van der Waals surface area (Å²) in [6.07, 6.45) is -0.421. The Hall–Kier alpha value is -1.10. The zero-order valence-corrected chi connectivity index (χ0v) is 7.40. The van der Waals surface area contributed by atoms with Gasteiger partial charge < -0.3 is 14.9 Å². The Morgan fingerprint density at radius 1 is 1.25 bits per heavy atom. The Morgan fingerprint density at radius 3 is 1.50 bits per heavy atom. The largest absolute Gasteiger partial charge is 0.481 e. The van der Waals surface area contributed by atoms with Gasteiger partial charge in [-0.15, -0.1) is 0 Å². The molecule has 0 spiro atoms. The standard InChI is InChI=1S/C4H10O.C3H4O4/c1-4(2)5-3;4-2(5)1-3(6)7/h4H,1-3H3;1H2,(H,4,5)(H,6,7). The average Bonchev–Trinajstić information content (AvgIpc) is 1.85. The van der Waals surface area contributed by atoms with Crippen LogP contribution >= 0.6 is 0 Å². The SMILES string of the molecule is COC(C)C.O=C(O)CC(=O)O. The minimum Gasteiger partial charge on any atom is -0.481 e. The Bertz CT molecular complexity index is 129. The van der Waals surface area contributed by atoms with Crippen molar-refractivity contribution in [3.8, 4) is 0 Å². The van der Waals surface area contributed by atoms with Crippen LogP contribution in [-0.2, 0) is 14.3 Å².